The molecule has 0 aliphatic rings. The van der Waals surface area contributed by atoms with Gasteiger partial charge >= 0.3 is 5.97 Å². The van der Waals surface area contributed by atoms with Crippen LogP contribution in [0.1, 0.15) is 76.2 Å². The average Bonchev–Trinajstić information content (AvgIpc) is 2.64. The summed E-state index contributed by atoms with van der Waals surface area (Å²) in [5.41, 5.74) is 0. The van der Waals surface area contributed by atoms with Gasteiger partial charge in [0.1, 0.15) is 0 Å². The number of carbonyl (C=O) groups is 1. The first-order chi connectivity index (χ1) is 15.7. The molecule has 0 fully saturated rings. The molecule has 0 aliphatic heterocycles. The highest BCUT2D eigenvalue weighted by Gasteiger charge is 2.50. The Kier molecular flexibility index (Phi) is 12.4. The maximum Gasteiger partial charge on any atom is 0.302 e. The van der Waals surface area contributed by atoms with Crippen LogP contribution in [0.5, 0.6) is 0 Å². The topological polar surface area (TPSA) is 74.2 Å². The van der Waals surface area contributed by atoms with Crippen LogP contribution in [0.2, 0.25) is 54.4 Å². The lowest BCUT2D eigenvalue weighted by atomic mass is 9.97. The highest BCUT2D eigenvalue weighted by molar-refractivity contribution is 6.75. The van der Waals surface area contributed by atoms with Gasteiger partial charge in [-0.3, -0.25) is 4.79 Å². The van der Waals surface area contributed by atoms with Gasteiger partial charge in [-0.25, -0.2) is 0 Å². The summed E-state index contributed by atoms with van der Waals surface area (Å²) in [4.78, 5) is 11.7. The third-order valence-electron chi connectivity index (χ3n) is 8.71. The van der Waals surface area contributed by atoms with Crippen molar-refractivity contribution in [3.63, 3.8) is 0 Å². The second-order valence-corrected chi connectivity index (χ2v) is 29.3. The number of ether oxygens (including phenoxy) is 1. The van der Waals surface area contributed by atoms with E-state index in [4.69, 9.17) is 18.0 Å². The Hall–Kier alpha value is -0.0394. The number of esters is 1. The van der Waals surface area contributed by atoms with E-state index < -0.39 is 43.3 Å². The largest absolute Gasteiger partial charge is 0.465 e. The van der Waals surface area contributed by atoms with E-state index in [1.807, 2.05) is 6.92 Å². The molecule has 0 aromatic rings. The molecule has 36 heavy (non-hydrogen) atoms. The van der Waals surface area contributed by atoms with Gasteiger partial charge in [-0.15, -0.1) is 0 Å². The molecule has 0 aromatic heterocycles. The van der Waals surface area contributed by atoms with E-state index in [2.05, 4.69) is 102 Å². The monoisotopic (exact) mass is 564 g/mol. The van der Waals surface area contributed by atoms with Crippen molar-refractivity contribution in [1.82, 2.24) is 0 Å². The minimum Gasteiger partial charge on any atom is -0.465 e. The van der Waals surface area contributed by atoms with Crippen LogP contribution in [0, 0.1) is 5.92 Å². The van der Waals surface area contributed by atoms with Gasteiger partial charge in [0.25, 0.3) is 0 Å². The number of hydrogen-bond donors (Lipinski definition) is 1. The van der Waals surface area contributed by atoms with Gasteiger partial charge in [0.15, 0.2) is 25.0 Å². The molecule has 0 radical (unpaired) electrons. The molecular formula is C27H60O6Si3. The molecule has 0 amide bonds. The highest BCUT2D eigenvalue weighted by Crippen LogP contribution is 2.44. The zero-order chi connectivity index (χ0) is 29.1. The second-order valence-electron chi connectivity index (χ2n) is 15.1. The lowest BCUT2D eigenvalue weighted by Crippen LogP contribution is -2.60. The van der Waals surface area contributed by atoms with Crippen molar-refractivity contribution in [2.75, 3.05) is 13.2 Å². The average molecular weight is 565 g/mol. The number of aliphatic hydroxyl groups excluding tert-OH is 1. The Labute approximate surface area is 226 Å². The molecular weight excluding hydrogens is 505 g/mol. The summed E-state index contributed by atoms with van der Waals surface area (Å²) in [5, 5.41) is 10.6. The Balaban J connectivity index is 6.84. The van der Waals surface area contributed by atoms with Gasteiger partial charge in [-0.2, -0.15) is 0 Å². The minimum atomic E-state index is -2.29. The van der Waals surface area contributed by atoms with Crippen LogP contribution in [-0.2, 0) is 22.8 Å². The van der Waals surface area contributed by atoms with Crippen LogP contribution in [0.15, 0.2) is 0 Å². The molecule has 6 nitrogen and oxygen atoms in total. The van der Waals surface area contributed by atoms with E-state index in [0.717, 1.165) is 0 Å². The third kappa shape index (κ3) is 9.93. The normalized spacial score (nSPS) is 17.9. The molecule has 0 saturated carbocycles. The van der Waals surface area contributed by atoms with Crippen LogP contribution in [-0.4, -0.2) is 67.6 Å². The summed E-state index contributed by atoms with van der Waals surface area (Å²) in [6, 6.07) is 0. The maximum absolute atomic E-state index is 11.7. The van der Waals surface area contributed by atoms with Gasteiger partial charge in [0, 0.05) is 12.8 Å². The van der Waals surface area contributed by atoms with Crippen molar-refractivity contribution < 1.29 is 27.9 Å². The van der Waals surface area contributed by atoms with E-state index in [0.29, 0.717) is 0 Å². The van der Waals surface area contributed by atoms with Crippen LogP contribution in [0.3, 0.4) is 0 Å². The Bertz CT molecular complexity index is 702. The van der Waals surface area contributed by atoms with E-state index in [-0.39, 0.29) is 40.2 Å². The molecule has 0 bridgehead atoms. The first kappa shape index (κ1) is 36.0. The molecule has 9 heteroatoms. The Morgan fingerprint density at radius 2 is 1.03 bits per heavy atom. The summed E-state index contributed by atoms with van der Waals surface area (Å²) >= 11 is 0. The molecule has 216 valence electrons. The number of aliphatic hydroxyl groups is 1. The fourth-order valence-electron chi connectivity index (χ4n) is 3.00. The van der Waals surface area contributed by atoms with Crippen LogP contribution in [0.25, 0.3) is 0 Å². The zero-order valence-corrected chi connectivity index (χ0v) is 29.7. The predicted molar refractivity (Wildman–Crippen MR) is 159 cm³/mol. The maximum atomic E-state index is 11.7. The molecule has 0 rings (SSSR count). The Morgan fingerprint density at radius 1 is 0.694 bits per heavy atom. The SMILES string of the molecule is CC(=O)OC[C@@H](C)[C@@H](O[Si](C)(C)C(C)(C)C)[C@H](O[Si](C)(C)C(C)(C)C)[C@@H](CO)O[Si](C)(C)C(C)(C)C. The molecule has 0 unspecified atom stereocenters. The number of carbonyl (C=O) groups excluding carboxylic acids is 1. The molecule has 0 saturated heterocycles. The third-order valence-corrected chi connectivity index (χ3v) is 22.2. The highest BCUT2D eigenvalue weighted by atomic mass is 28.4. The fraction of sp³-hybridized carbons (Fsp3) is 0.963. The summed E-state index contributed by atoms with van der Waals surface area (Å²) in [6.07, 6.45) is -1.44. The number of rotatable bonds is 12. The Morgan fingerprint density at radius 3 is 1.33 bits per heavy atom. The fourth-order valence-corrected chi connectivity index (χ4v) is 7.04. The summed E-state index contributed by atoms with van der Waals surface area (Å²) < 4.78 is 26.5. The molecule has 0 aromatic carbocycles. The second kappa shape index (κ2) is 12.4. The first-order valence-electron chi connectivity index (χ1n) is 13.5. The van der Waals surface area contributed by atoms with Crippen molar-refractivity contribution in [3.8, 4) is 0 Å². The molecule has 0 heterocycles. The quantitative estimate of drug-likeness (QED) is 0.197. The van der Waals surface area contributed by atoms with E-state index >= 15 is 0 Å². The molecule has 0 spiro atoms. The van der Waals surface area contributed by atoms with Crippen LogP contribution >= 0.6 is 0 Å². The van der Waals surface area contributed by atoms with E-state index in [9.17, 15) is 9.90 Å². The van der Waals surface area contributed by atoms with Gasteiger partial charge < -0.3 is 23.1 Å². The van der Waals surface area contributed by atoms with Gasteiger partial charge in [-0.1, -0.05) is 69.2 Å². The lowest BCUT2D eigenvalue weighted by molar-refractivity contribution is -0.145. The zero-order valence-electron chi connectivity index (χ0n) is 26.7. The van der Waals surface area contributed by atoms with E-state index in [1.54, 1.807) is 0 Å². The van der Waals surface area contributed by atoms with Crippen molar-refractivity contribution in [3.05, 3.63) is 0 Å². The summed E-state index contributed by atoms with van der Waals surface area (Å²) in [6.45, 7) is 36.7. The van der Waals surface area contributed by atoms with E-state index in [1.165, 1.54) is 6.92 Å². The van der Waals surface area contributed by atoms with Gasteiger partial charge in [-0.05, 0) is 54.4 Å². The molecule has 4 atom stereocenters. The van der Waals surface area contributed by atoms with Crippen molar-refractivity contribution in [2.24, 2.45) is 5.92 Å². The minimum absolute atomic E-state index is 0.0249. The van der Waals surface area contributed by atoms with Crippen LogP contribution < -0.4 is 0 Å². The number of hydrogen-bond acceptors (Lipinski definition) is 6. The summed E-state index contributed by atoms with van der Waals surface area (Å²) in [5.74, 6) is -0.458. The lowest BCUT2D eigenvalue weighted by Gasteiger charge is -2.50. The summed E-state index contributed by atoms with van der Waals surface area (Å²) in [7, 11) is -6.79. The van der Waals surface area contributed by atoms with Gasteiger partial charge in [0.05, 0.1) is 31.5 Å². The van der Waals surface area contributed by atoms with Crippen LogP contribution in [0.4, 0.5) is 0 Å². The smallest absolute Gasteiger partial charge is 0.302 e. The van der Waals surface area contributed by atoms with Crippen molar-refractivity contribution >= 4 is 30.9 Å². The van der Waals surface area contributed by atoms with Gasteiger partial charge in [0.2, 0.25) is 0 Å². The molecule has 0 aliphatic carbocycles. The van der Waals surface area contributed by atoms with Crippen molar-refractivity contribution in [2.45, 2.75) is 149 Å². The predicted octanol–water partition coefficient (Wildman–Crippen LogP) is 7.35. The standard InChI is InChI=1S/C27H60O6Si3/c1-20(19-30-21(2)29)23(32-35(14,15)26(6,7)8)24(33-36(16,17)27(9,10)11)22(18-28)31-34(12,13)25(3,4)5/h20,22-24,28H,18-19H2,1-17H3/t20-,22-,23-,24-/m1/s1. The first-order valence-corrected chi connectivity index (χ1v) is 22.2. The van der Waals surface area contributed by atoms with Crippen molar-refractivity contribution in [1.29, 1.82) is 0 Å². The molecule has 1 N–H and O–H groups in total.